The van der Waals surface area contributed by atoms with Crippen LogP contribution in [0.4, 0.5) is 10.5 Å². The van der Waals surface area contributed by atoms with E-state index in [0.29, 0.717) is 5.69 Å². The number of hydrogen-bond donors (Lipinski definition) is 2. The van der Waals surface area contributed by atoms with E-state index in [1.165, 1.54) is 0 Å². The molecule has 0 radical (unpaired) electrons. The number of rotatable bonds is 2. The zero-order valence-electron chi connectivity index (χ0n) is 9.12. The molecule has 1 atom stereocenters. The van der Waals surface area contributed by atoms with Crippen molar-refractivity contribution in [2.75, 3.05) is 11.9 Å². The number of amides is 2. The lowest BCUT2D eigenvalue weighted by atomic mass is 10.2. The predicted molar refractivity (Wildman–Crippen MR) is 65.8 cm³/mol. The lowest BCUT2D eigenvalue weighted by Crippen LogP contribution is -2.38. The van der Waals surface area contributed by atoms with Gasteiger partial charge in [-0.2, -0.15) is 0 Å². The number of alkyl carbamates (subject to hydrolysis) is 1. The van der Waals surface area contributed by atoms with Gasteiger partial charge in [0.2, 0.25) is 0 Å². The Morgan fingerprint density at radius 3 is 2.94 bits per heavy atom. The summed E-state index contributed by atoms with van der Waals surface area (Å²) in [5.74, 6) is -0.280. The minimum atomic E-state index is -0.619. The van der Waals surface area contributed by atoms with E-state index in [4.69, 9.17) is 0 Å². The number of cyclic esters (lactones) is 1. The first-order valence-corrected chi connectivity index (χ1v) is 5.86. The molecule has 1 aromatic carbocycles. The highest BCUT2D eigenvalue weighted by atomic mass is 79.9. The minimum Gasteiger partial charge on any atom is -0.447 e. The van der Waals surface area contributed by atoms with Crippen LogP contribution in [-0.4, -0.2) is 24.6 Å². The van der Waals surface area contributed by atoms with Gasteiger partial charge in [-0.1, -0.05) is 15.9 Å². The quantitative estimate of drug-likeness (QED) is 0.875. The van der Waals surface area contributed by atoms with Crippen molar-refractivity contribution in [1.29, 1.82) is 0 Å². The van der Waals surface area contributed by atoms with Crippen molar-refractivity contribution in [3.05, 3.63) is 28.2 Å². The van der Waals surface area contributed by atoms with Crippen molar-refractivity contribution in [2.45, 2.75) is 13.0 Å². The first kappa shape index (κ1) is 11.9. The van der Waals surface area contributed by atoms with E-state index < -0.39 is 12.1 Å². The topological polar surface area (TPSA) is 67.4 Å². The number of carbonyl (C=O) groups excluding carboxylic acids is 2. The Morgan fingerprint density at radius 2 is 2.35 bits per heavy atom. The van der Waals surface area contributed by atoms with Gasteiger partial charge in [0, 0.05) is 10.2 Å². The van der Waals surface area contributed by atoms with E-state index in [-0.39, 0.29) is 12.5 Å². The van der Waals surface area contributed by atoms with Crippen LogP contribution >= 0.6 is 15.9 Å². The maximum absolute atomic E-state index is 11.7. The maximum Gasteiger partial charge on any atom is 0.407 e. The molecule has 0 saturated carbocycles. The number of carbonyl (C=O) groups is 2. The normalized spacial score (nSPS) is 18.5. The van der Waals surface area contributed by atoms with Crippen molar-refractivity contribution in [2.24, 2.45) is 0 Å². The fourth-order valence-electron chi connectivity index (χ4n) is 1.48. The zero-order valence-corrected chi connectivity index (χ0v) is 10.7. The van der Waals surface area contributed by atoms with Gasteiger partial charge in [-0.3, -0.25) is 4.79 Å². The van der Waals surface area contributed by atoms with Crippen LogP contribution < -0.4 is 10.6 Å². The second kappa shape index (κ2) is 4.75. The number of halogens is 1. The average Bonchev–Trinajstić information content (AvgIpc) is 2.70. The Morgan fingerprint density at radius 1 is 1.59 bits per heavy atom. The molecule has 1 aliphatic rings. The lowest BCUT2D eigenvalue weighted by Gasteiger charge is -2.10. The van der Waals surface area contributed by atoms with Crippen LogP contribution in [0.25, 0.3) is 0 Å². The maximum atomic E-state index is 11.7. The van der Waals surface area contributed by atoms with E-state index in [9.17, 15) is 9.59 Å². The predicted octanol–water partition coefficient (Wildman–Crippen LogP) is 1.80. The Balaban J connectivity index is 2.03. The summed E-state index contributed by atoms with van der Waals surface area (Å²) in [4.78, 5) is 22.5. The molecule has 0 aliphatic carbocycles. The van der Waals surface area contributed by atoms with Gasteiger partial charge in [-0.05, 0) is 30.7 Å². The summed E-state index contributed by atoms with van der Waals surface area (Å²) in [6.45, 7) is 2.00. The number of aryl methyl sites for hydroxylation is 1. The first-order chi connectivity index (χ1) is 8.06. The van der Waals surface area contributed by atoms with Crippen molar-refractivity contribution >= 4 is 33.6 Å². The third-order valence-corrected chi connectivity index (χ3v) is 3.30. The van der Waals surface area contributed by atoms with Gasteiger partial charge in [-0.25, -0.2) is 4.79 Å². The molecule has 1 heterocycles. The van der Waals surface area contributed by atoms with E-state index in [1.54, 1.807) is 6.07 Å². The van der Waals surface area contributed by atoms with Crippen molar-refractivity contribution < 1.29 is 14.3 Å². The van der Waals surface area contributed by atoms with Crippen LogP contribution in [0.15, 0.2) is 22.7 Å². The third-order valence-electron chi connectivity index (χ3n) is 2.42. The van der Waals surface area contributed by atoms with E-state index >= 15 is 0 Å². The Hall–Kier alpha value is -1.56. The van der Waals surface area contributed by atoms with E-state index in [1.807, 2.05) is 19.1 Å². The summed E-state index contributed by atoms with van der Waals surface area (Å²) < 4.78 is 5.63. The fourth-order valence-corrected chi connectivity index (χ4v) is 1.72. The molecule has 2 rings (SSSR count). The summed E-state index contributed by atoms with van der Waals surface area (Å²) in [5, 5.41) is 5.14. The molecule has 1 aromatic rings. The van der Waals surface area contributed by atoms with Crippen molar-refractivity contribution in [1.82, 2.24) is 5.32 Å². The minimum absolute atomic E-state index is 0.0696. The van der Waals surface area contributed by atoms with Crippen molar-refractivity contribution in [3.8, 4) is 0 Å². The SMILES string of the molecule is Cc1cc(NC(=O)C2COC(=O)N2)ccc1Br. The van der Waals surface area contributed by atoms with Crippen LogP contribution in [0, 0.1) is 6.92 Å². The second-order valence-electron chi connectivity index (χ2n) is 3.75. The lowest BCUT2D eigenvalue weighted by molar-refractivity contribution is -0.117. The van der Waals surface area contributed by atoms with Gasteiger partial charge in [-0.15, -0.1) is 0 Å². The standard InChI is InChI=1S/C11H11BrN2O3/c1-6-4-7(2-3-8(6)12)13-10(15)9-5-17-11(16)14-9/h2-4,9H,5H2,1H3,(H,13,15)(H,14,16). The smallest absolute Gasteiger partial charge is 0.407 e. The molecule has 6 heteroatoms. The molecule has 1 saturated heterocycles. The average molecular weight is 299 g/mol. The highest BCUT2D eigenvalue weighted by Gasteiger charge is 2.28. The van der Waals surface area contributed by atoms with Gasteiger partial charge >= 0.3 is 6.09 Å². The number of anilines is 1. The number of hydrogen-bond acceptors (Lipinski definition) is 3. The Bertz CT molecular complexity index is 476. The molecule has 1 unspecified atom stereocenters. The third kappa shape index (κ3) is 2.76. The van der Waals surface area contributed by atoms with Gasteiger partial charge in [0.15, 0.2) is 0 Å². The van der Waals surface area contributed by atoms with E-state index in [2.05, 4.69) is 31.3 Å². The molecule has 5 nitrogen and oxygen atoms in total. The molecule has 1 fully saturated rings. The summed E-state index contributed by atoms with van der Waals surface area (Å²) in [5.41, 5.74) is 1.71. The number of nitrogens with one attached hydrogen (secondary N) is 2. The highest BCUT2D eigenvalue weighted by Crippen LogP contribution is 2.20. The molecule has 0 aromatic heterocycles. The van der Waals surface area contributed by atoms with Gasteiger partial charge in [0.1, 0.15) is 12.6 Å². The molecule has 0 bridgehead atoms. The van der Waals surface area contributed by atoms with Crippen LogP contribution in [0.5, 0.6) is 0 Å². The molecule has 0 spiro atoms. The summed E-state index contributed by atoms with van der Waals surface area (Å²) in [6.07, 6.45) is -0.558. The molecular weight excluding hydrogens is 288 g/mol. The van der Waals surface area contributed by atoms with Gasteiger partial charge in [0.25, 0.3) is 5.91 Å². The molecular formula is C11H11BrN2O3. The molecule has 17 heavy (non-hydrogen) atoms. The highest BCUT2D eigenvalue weighted by molar-refractivity contribution is 9.10. The van der Waals surface area contributed by atoms with Crippen LogP contribution in [0.3, 0.4) is 0 Å². The molecule has 2 amide bonds. The monoisotopic (exact) mass is 298 g/mol. The Kier molecular flexibility index (Phi) is 3.33. The fraction of sp³-hybridized carbons (Fsp3) is 0.273. The molecule has 90 valence electrons. The largest absolute Gasteiger partial charge is 0.447 e. The number of benzene rings is 1. The Labute approximate surface area is 107 Å². The van der Waals surface area contributed by atoms with E-state index in [0.717, 1.165) is 10.0 Å². The first-order valence-electron chi connectivity index (χ1n) is 5.06. The summed E-state index contributed by atoms with van der Waals surface area (Å²) >= 11 is 3.38. The number of ether oxygens (including phenoxy) is 1. The van der Waals surface area contributed by atoms with Crippen molar-refractivity contribution in [3.63, 3.8) is 0 Å². The van der Waals surface area contributed by atoms with Gasteiger partial charge < -0.3 is 15.4 Å². The summed E-state index contributed by atoms with van der Waals surface area (Å²) in [6, 6.07) is 4.87. The van der Waals surface area contributed by atoms with Crippen LogP contribution in [0.1, 0.15) is 5.56 Å². The van der Waals surface area contributed by atoms with Gasteiger partial charge in [0.05, 0.1) is 0 Å². The van der Waals surface area contributed by atoms with Crippen LogP contribution in [0.2, 0.25) is 0 Å². The van der Waals surface area contributed by atoms with Crippen LogP contribution in [-0.2, 0) is 9.53 Å². The second-order valence-corrected chi connectivity index (χ2v) is 4.60. The molecule has 1 aliphatic heterocycles. The molecule has 2 N–H and O–H groups in total. The summed E-state index contributed by atoms with van der Waals surface area (Å²) in [7, 11) is 0. The zero-order chi connectivity index (χ0) is 12.4.